The van der Waals surface area contributed by atoms with Crippen LogP contribution in [-0.2, 0) is 16.0 Å². The number of benzene rings is 1. The maximum absolute atomic E-state index is 12.6. The molecule has 2 heterocycles. The molecule has 9 heteroatoms. The second-order valence-electron chi connectivity index (χ2n) is 7.11. The number of imide groups is 1. The number of aryl methyl sites for hydroxylation is 1. The molecule has 1 aromatic carbocycles. The van der Waals surface area contributed by atoms with Gasteiger partial charge in [0.25, 0.3) is 17.7 Å². The average molecular weight is 415 g/mol. The number of anilines is 1. The molecule has 0 unspecified atom stereocenters. The number of aromatic nitrogens is 1. The summed E-state index contributed by atoms with van der Waals surface area (Å²) in [7, 11) is 1.31. The third-order valence-corrected chi connectivity index (χ3v) is 5.50. The van der Waals surface area contributed by atoms with E-state index in [2.05, 4.69) is 15.0 Å². The van der Waals surface area contributed by atoms with Crippen molar-refractivity contribution in [3.8, 4) is 0 Å². The number of hydrogen-bond acceptors (Lipinski definition) is 7. The molecule has 1 N–H and O–H groups in total. The molecule has 8 nitrogen and oxygen atoms in total. The highest BCUT2D eigenvalue weighted by atomic mass is 32.1. The van der Waals surface area contributed by atoms with Crippen LogP contribution in [0, 0.1) is 12.8 Å². The first-order valence-corrected chi connectivity index (χ1v) is 9.87. The largest absolute Gasteiger partial charge is 0.469 e. The molecule has 29 heavy (non-hydrogen) atoms. The first-order valence-electron chi connectivity index (χ1n) is 9.06. The SMILES string of the molecule is COC(=O)Cc1sc(NC(=O)c2ccc3c(c2)C(=O)N(CC(C)C)C3=O)nc1C. The van der Waals surface area contributed by atoms with Crippen LogP contribution < -0.4 is 5.32 Å². The van der Waals surface area contributed by atoms with Crippen LogP contribution >= 0.6 is 11.3 Å². The number of amides is 3. The molecular formula is C20H21N3O5S. The minimum atomic E-state index is -0.450. The topological polar surface area (TPSA) is 106 Å². The van der Waals surface area contributed by atoms with E-state index >= 15 is 0 Å². The Morgan fingerprint density at radius 1 is 1.21 bits per heavy atom. The fraction of sp³-hybridized carbons (Fsp3) is 0.350. The fourth-order valence-corrected chi connectivity index (χ4v) is 3.92. The van der Waals surface area contributed by atoms with Gasteiger partial charge in [-0.3, -0.25) is 29.4 Å². The molecule has 0 saturated heterocycles. The Balaban J connectivity index is 1.78. The molecule has 1 aromatic heterocycles. The Morgan fingerprint density at radius 3 is 2.55 bits per heavy atom. The van der Waals surface area contributed by atoms with E-state index in [1.807, 2.05) is 13.8 Å². The van der Waals surface area contributed by atoms with E-state index in [-0.39, 0.29) is 41.2 Å². The summed E-state index contributed by atoms with van der Waals surface area (Å²) in [6.07, 6.45) is 0.0804. The van der Waals surface area contributed by atoms with Crippen LogP contribution in [0.25, 0.3) is 0 Å². The lowest BCUT2D eigenvalue weighted by atomic mass is 10.1. The lowest BCUT2D eigenvalue weighted by molar-refractivity contribution is -0.139. The summed E-state index contributed by atoms with van der Waals surface area (Å²) < 4.78 is 4.65. The number of nitrogens with zero attached hydrogens (tertiary/aromatic N) is 2. The molecule has 0 fully saturated rings. The third kappa shape index (κ3) is 4.19. The second kappa shape index (κ2) is 8.12. The zero-order valence-electron chi connectivity index (χ0n) is 16.6. The molecule has 0 saturated carbocycles. The van der Waals surface area contributed by atoms with E-state index in [0.717, 1.165) is 0 Å². The third-order valence-electron chi connectivity index (χ3n) is 4.43. The van der Waals surface area contributed by atoms with Gasteiger partial charge in [0.2, 0.25) is 0 Å². The monoisotopic (exact) mass is 415 g/mol. The highest BCUT2D eigenvalue weighted by Gasteiger charge is 2.36. The predicted octanol–water partition coefficient (Wildman–Crippen LogP) is 2.67. The normalized spacial score (nSPS) is 13.1. The van der Waals surface area contributed by atoms with Crippen LogP contribution in [0.1, 0.15) is 55.5 Å². The van der Waals surface area contributed by atoms with Gasteiger partial charge in [0.15, 0.2) is 5.13 Å². The van der Waals surface area contributed by atoms with Crippen LogP contribution in [0.15, 0.2) is 18.2 Å². The number of thiazole rings is 1. The van der Waals surface area contributed by atoms with Gasteiger partial charge in [-0.25, -0.2) is 4.98 Å². The van der Waals surface area contributed by atoms with Crippen LogP contribution in [0.3, 0.4) is 0 Å². The Hall–Kier alpha value is -3.07. The number of ether oxygens (including phenoxy) is 1. The van der Waals surface area contributed by atoms with E-state index in [0.29, 0.717) is 27.8 Å². The Bertz CT molecular complexity index is 1010. The molecule has 0 atom stereocenters. The number of carbonyl (C=O) groups excluding carboxylic acids is 4. The van der Waals surface area contributed by atoms with Gasteiger partial charge in [-0.1, -0.05) is 13.8 Å². The minimum absolute atomic E-state index is 0.0804. The van der Waals surface area contributed by atoms with Gasteiger partial charge in [-0.2, -0.15) is 0 Å². The van der Waals surface area contributed by atoms with Crippen LogP contribution in [-0.4, -0.2) is 47.2 Å². The molecule has 0 bridgehead atoms. The Labute approximate surface area is 171 Å². The first kappa shape index (κ1) is 20.7. The summed E-state index contributed by atoms with van der Waals surface area (Å²) in [5.41, 5.74) is 1.41. The lowest BCUT2D eigenvalue weighted by Crippen LogP contribution is -2.33. The van der Waals surface area contributed by atoms with E-state index in [9.17, 15) is 19.2 Å². The molecule has 0 spiro atoms. The Morgan fingerprint density at radius 2 is 1.90 bits per heavy atom. The van der Waals surface area contributed by atoms with E-state index in [1.54, 1.807) is 6.92 Å². The van der Waals surface area contributed by atoms with Gasteiger partial charge in [0.1, 0.15) is 0 Å². The molecule has 0 aliphatic carbocycles. The summed E-state index contributed by atoms with van der Waals surface area (Å²) in [5.74, 6) is -1.42. The van der Waals surface area contributed by atoms with Crippen molar-refractivity contribution < 1.29 is 23.9 Å². The number of hydrogen-bond donors (Lipinski definition) is 1. The minimum Gasteiger partial charge on any atom is -0.469 e. The second-order valence-corrected chi connectivity index (χ2v) is 8.19. The number of carbonyl (C=O) groups is 4. The molecule has 0 radical (unpaired) electrons. The van der Waals surface area contributed by atoms with E-state index < -0.39 is 5.91 Å². The standard InChI is InChI=1S/C20H21N3O5S/c1-10(2)9-23-18(26)13-6-5-12(7-14(13)19(23)27)17(25)22-20-21-11(3)15(29-20)8-16(24)28-4/h5-7,10H,8-9H2,1-4H3,(H,21,22,25). The molecule has 3 rings (SSSR count). The maximum atomic E-state index is 12.6. The van der Waals surface area contributed by atoms with Gasteiger partial charge in [-0.05, 0) is 31.0 Å². The highest BCUT2D eigenvalue weighted by Crippen LogP contribution is 2.27. The molecule has 2 aromatic rings. The first-order chi connectivity index (χ1) is 13.7. The van der Waals surface area contributed by atoms with Crippen molar-refractivity contribution in [3.63, 3.8) is 0 Å². The number of fused-ring (bicyclic) bond motifs is 1. The fourth-order valence-electron chi connectivity index (χ4n) is 2.98. The smallest absolute Gasteiger partial charge is 0.310 e. The zero-order chi connectivity index (χ0) is 21.3. The lowest BCUT2D eigenvalue weighted by Gasteiger charge is -2.15. The van der Waals surface area contributed by atoms with E-state index in [4.69, 9.17) is 0 Å². The maximum Gasteiger partial charge on any atom is 0.310 e. The van der Waals surface area contributed by atoms with Crippen LogP contribution in [0.5, 0.6) is 0 Å². The van der Waals surface area contributed by atoms with Crippen LogP contribution in [0.2, 0.25) is 0 Å². The van der Waals surface area contributed by atoms with Crippen molar-refractivity contribution in [2.24, 2.45) is 5.92 Å². The van der Waals surface area contributed by atoms with Crippen molar-refractivity contribution in [1.29, 1.82) is 0 Å². The van der Waals surface area contributed by atoms with Crippen molar-refractivity contribution in [2.45, 2.75) is 27.2 Å². The number of methoxy groups -OCH3 is 1. The van der Waals surface area contributed by atoms with Crippen molar-refractivity contribution >= 4 is 40.2 Å². The summed E-state index contributed by atoms with van der Waals surface area (Å²) >= 11 is 1.19. The zero-order valence-corrected chi connectivity index (χ0v) is 17.4. The van der Waals surface area contributed by atoms with Crippen molar-refractivity contribution in [3.05, 3.63) is 45.5 Å². The van der Waals surface area contributed by atoms with Gasteiger partial charge >= 0.3 is 5.97 Å². The highest BCUT2D eigenvalue weighted by molar-refractivity contribution is 7.16. The van der Waals surface area contributed by atoms with Gasteiger partial charge in [0, 0.05) is 17.0 Å². The summed E-state index contributed by atoms with van der Waals surface area (Å²) in [4.78, 5) is 55.2. The van der Waals surface area contributed by atoms with Crippen molar-refractivity contribution in [2.75, 3.05) is 19.0 Å². The summed E-state index contributed by atoms with van der Waals surface area (Å²) in [6.45, 7) is 5.92. The number of rotatable bonds is 6. The number of nitrogens with one attached hydrogen (secondary N) is 1. The van der Waals surface area contributed by atoms with Gasteiger partial charge in [0.05, 0.1) is 30.4 Å². The quantitative estimate of drug-likeness (QED) is 0.574. The van der Waals surface area contributed by atoms with Crippen molar-refractivity contribution in [1.82, 2.24) is 9.88 Å². The Kier molecular flexibility index (Phi) is 5.78. The summed E-state index contributed by atoms with van der Waals surface area (Å²) in [6, 6.07) is 4.44. The molecule has 1 aliphatic rings. The van der Waals surface area contributed by atoms with Crippen LogP contribution in [0.4, 0.5) is 5.13 Å². The molecule has 1 aliphatic heterocycles. The van der Waals surface area contributed by atoms with E-state index in [1.165, 1.54) is 41.5 Å². The average Bonchev–Trinajstić information content (AvgIpc) is 3.13. The molecule has 3 amide bonds. The van der Waals surface area contributed by atoms with Gasteiger partial charge in [-0.15, -0.1) is 11.3 Å². The molecular weight excluding hydrogens is 394 g/mol. The predicted molar refractivity (Wildman–Crippen MR) is 107 cm³/mol. The molecule has 152 valence electrons. The summed E-state index contributed by atoms with van der Waals surface area (Å²) in [5, 5.41) is 3.02. The number of esters is 1. The van der Waals surface area contributed by atoms with Gasteiger partial charge < -0.3 is 4.74 Å².